The SMILES string of the molecule is COC(=O)CNCC1CCCN(S(C)(=O)=O)C1. The fourth-order valence-corrected chi connectivity index (χ4v) is 2.89. The second-order valence-electron chi connectivity index (χ2n) is 4.34. The number of rotatable bonds is 5. The van der Waals surface area contributed by atoms with Gasteiger partial charge in [0.2, 0.25) is 10.0 Å². The van der Waals surface area contributed by atoms with E-state index in [0.29, 0.717) is 19.6 Å². The minimum absolute atomic E-state index is 0.172. The van der Waals surface area contributed by atoms with E-state index in [-0.39, 0.29) is 18.4 Å². The van der Waals surface area contributed by atoms with Gasteiger partial charge in [-0.25, -0.2) is 12.7 Å². The van der Waals surface area contributed by atoms with E-state index in [1.165, 1.54) is 17.7 Å². The second kappa shape index (κ2) is 6.32. The van der Waals surface area contributed by atoms with Crippen molar-refractivity contribution in [2.75, 3.05) is 39.5 Å². The topological polar surface area (TPSA) is 75.7 Å². The maximum atomic E-state index is 11.4. The summed E-state index contributed by atoms with van der Waals surface area (Å²) in [5.74, 6) is -0.0380. The van der Waals surface area contributed by atoms with Gasteiger partial charge < -0.3 is 10.1 Å². The van der Waals surface area contributed by atoms with E-state index in [9.17, 15) is 13.2 Å². The van der Waals surface area contributed by atoms with Gasteiger partial charge in [-0.2, -0.15) is 0 Å². The number of piperidine rings is 1. The average Bonchev–Trinajstić information content (AvgIpc) is 2.28. The Bertz CT molecular complexity index is 355. The van der Waals surface area contributed by atoms with Crippen molar-refractivity contribution in [3.8, 4) is 0 Å². The van der Waals surface area contributed by atoms with Crippen LogP contribution in [0, 0.1) is 5.92 Å². The molecule has 1 aliphatic heterocycles. The summed E-state index contributed by atoms with van der Waals surface area (Å²) >= 11 is 0. The van der Waals surface area contributed by atoms with Gasteiger partial charge >= 0.3 is 5.97 Å². The number of sulfonamides is 1. The molecule has 1 aliphatic rings. The number of nitrogens with one attached hydrogen (secondary N) is 1. The van der Waals surface area contributed by atoms with Crippen molar-refractivity contribution in [1.82, 2.24) is 9.62 Å². The first-order valence-corrected chi connectivity index (χ1v) is 7.51. The van der Waals surface area contributed by atoms with Gasteiger partial charge in [0.05, 0.1) is 19.9 Å². The number of esters is 1. The molecule has 0 aromatic heterocycles. The molecule has 6 nitrogen and oxygen atoms in total. The first kappa shape index (κ1) is 14.4. The van der Waals surface area contributed by atoms with Crippen molar-refractivity contribution in [2.45, 2.75) is 12.8 Å². The minimum atomic E-state index is -3.09. The third kappa shape index (κ3) is 5.01. The molecule has 1 rings (SSSR count). The Hall–Kier alpha value is -0.660. The Morgan fingerprint density at radius 2 is 2.24 bits per heavy atom. The lowest BCUT2D eigenvalue weighted by Crippen LogP contribution is -2.43. The van der Waals surface area contributed by atoms with Gasteiger partial charge in [-0.15, -0.1) is 0 Å². The van der Waals surface area contributed by atoms with Crippen LogP contribution in [0.2, 0.25) is 0 Å². The molecular formula is C10H20N2O4S. The Kier molecular flexibility index (Phi) is 5.35. The minimum Gasteiger partial charge on any atom is -0.468 e. The average molecular weight is 264 g/mol. The molecule has 0 amide bonds. The number of hydrogen-bond donors (Lipinski definition) is 1. The van der Waals surface area contributed by atoms with Crippen LogP contribution in [-0.2, 0) is 19.6 Å². The Labute approximate surface area is 102 Å². The molecule has 0 bridgehead atoms. The molecule has 0 aliphatic carbocycles. The van der Waals surface area contributed by atoms with E-state index in [1.807, 2.05) is 0 Å². The molecule has 0 saturated carbocycles. The van der Waals surface area contributed by atoms with Gasteiger partial charge in [0.25, 0.3) is 0 Å². The van der Waals surface area contributed by atoms with Crippen LogP contribution >= 0.6 is 0 Å². The maximum Gasteiger partial charge on any atom is 0.319 e. The third-order valence-corrected chi connectivity index (χ3v) is 4.15. The number of carbonyl (C=O) groups is 1. The molecule has 1 saturated heterocycles. The van der Waals surface area contributed by atoms with Crippen molar-refractivity contribution in [2.24, 2.45) is 5.92 Å². The van der Waals surface area contributed by atoms with Crippen LogP contribution in [-0.4, -0.2) is 58.2 Å². The summed E-state index contributed by atoms with van der Waals surface area (Å²) in [5.41, 5.74) is 0. The van der Waals surface area contributed by atoms with E-state index >= 15 is 0 Å². The summed E-state index contributed by atoms with van der Waals surface area (Å²) in [6.45, 7) is 1.95. The van der Waals surface area contributed by atoms with E-state index in [1.54, 1.807) is 0 Å². The second-order valence-corrected chi connectivity index (χ2v) is 6.32. The molecule has 0 spiro atoms. The summed E-state index contributed by atoms with van der Waals surface area (Å²) in [7, 11) is -1.75. The predicted octanol–water partition coefficient (Wildman–Crippen LogP) is -0.579. The molecule has 17 heavy (non-hydrogen) atoms. The third-order valence-electron chi connectivity index (χ3n) is 2.88. The largest absolute Gasteiger partial charge is 0.468 e. The maximum absolute atomic E-state index is 11.4. The lowest BCUT2D eigenvalue weighted by molar-refractivity contribution is -0.139. The standard InChI is InChI=1S/C10H20N2O4S/c1-16-10(13)7-11-6-9-4-3-5-12(8-9)17(2,14)15/h9,11H,3-8H2,1-2H3. The van der Waals surface area contributed by atoms with Crippen LogP contribution in [0.25, 0.3) is 0 Å². The number of carbonyl (C=O) groups excluding carboxylic acids is 1. The number of ether oxygens (including phenoxy) is 1. The smallest absolute Gasteiger partial charge is 0.319 e. The van der Waals surface area contributed by atoms with E-state index in [2.05, 4.69) is 10.1 Å². The van der Waals surface area contributed by atoms with E-state index in [0.717, 1.165) is 12.8 Å². The number of methoxy groups -OCH3 is 1. The summed E-state index contributed by atoms with van der Waals surface area (Å²) in [6.07, 6.45) is 3.09. The van der Waals surface area contributed by atoms with Gasteiger partial charge in [0, 0.05) is 13.1 Å². The van der Waals surface area contributed by atoms with Crippen molar-refractivity contribution < 1.29 is 17.9 Å². The fraction of sp³-hybridized carbons (Fsp3) is 0.900. The van der Waals surface area contributed by atoms with Gasteiger partial charge in [-0.1, -0.05) is 0 Å². The zero-order chi connectivity index (χ0) is 12.9. The quantitative estimate of drug-likeness (QED) is 0.672. The summed E-state index contributed by atoms with van der Waals surface area (Å²) in [5, 5.41) is 2.98. The molecule has 0 aromatic carbocycles. The first-order valence-electron chi connectivity index (χ1n) is 5.66. The van der Waals surface area contributed by atoms with Crippen LogP contribution in [0.15, 0.2) is 0 Å². The van der Waals surface area contributed by atoms with Crippen molar-refractivity contribution >= 4 is 16.0 Å². The van der Waals surface area contributed by atoms with Crippen LogP contribution in [0.5, 0.6) is 0 Å². The number of hydrogen-bond acceptors (Lipinski definition) is 5. The molecule has 7 heteroatoms. The molecule has 1 heterocycles. The fourth-order valence-electron chi connectivity index (χ4n) is 1.95. The van der Waals surface area contributed by atoms with Gasteiger partial charge in [0.15, 0.2) is 0 Å². The normalized spacial score (nSPS) is 22.4. The highest BCUT2D eigenvalue weighted by Crippen LogP contribution is 2.17. The molecule has 100 valence electrons. The number of nitrogens with zero attached hydrogens (tertiary/aromatic N) is 1. The summed E-state index contributed by atoms with van der Waals surface area (Å²) in [6, 6.07) is 0. The highest BCUT2D eigenvalue weighted by molar-refractivity contribution is 7.88. The predicted molar refractivity (Wildman–Crippen MR) is 64.0 cm³/mol. The lowest BCUT2D eigenvalue weighted by atomic mass is 10.00. The zero-order valence-corrected chi connectivity index (χ0v) is 11.1. The van der Waals surface area contributed by atoms with Gasteiger partial charge in [0.1, 0.15) is 0 Å². The monoisotopic (exact) mass is 264 g/mol. The lowest BCUT2D eigenvalue weighted by Gasteiger charge is -2.30. The summed E-state index contributed by atoms with van der Waals surface area (Å²) in [4.78, 5) is 10.9. The zero-order valence-electron chi connectivity index (χ0n) is 10.3. The highest BCUT2D eigenvalue weighted by Gasteiger charge is 2.25. The Balaban J connectivity index is 2.33. The molecule has 1 atom stereocenters. The molecule has 0 aromatic rings. The summed E-state index contributed by atoms with van der Waals surface area (Å²) < 4.78 is 28.8. The van der Waals surface area contributed by atoms with E-state index in [4.69, 9.17) is 0 Å². The Morgan fingerprint density at radius 1 is 1.53 bits per heavy atom. The highest BCUT2D eigenvalue weighted by atomic mass is 32.2. The van der Waals surface area contributed by atoms with Crippen molar-refractivity contribution in [3.05, 3.63) is 0 Å². The van der Waals surface area contributed by atoms with Crippen LogP contribution in [0.1, 0.15) is 12.8 Å². The molecular weight excluding hydrogens is 244 g/mol. The van der Waals surface area contributed by atoms with E-state index < -0.39 is 10.0 Å². The molecule has 1 unspecified atom stereocenters. The van der Waals surface area contributed by atoms with Gasteiger partial charge in [-0.05, 0) is 25.3 Å². The molecule has 1 fully saturated rings. The molecule has 0 radical (unpaired) electrons. The first-order chi connectivity index (χ1) is 7.93. The van der Waals surface area contributed by atoms with Crippen molar-refractivity contribution in [3.63, 3.8) is 0 Å². The van der Waals surface area contributed by atoms with Crippen molar-refractivity contribution in [1.29, 1.82) is 0 Å². The van der Waals surface area contributed by atoms with Gasteiger partial charge in [-0.3, -0.25) is 4.79 Å². The van der Waals surface area contributed by atoms with Crippen LogP contribution in [0.3, 0.4) is 0 Å². The van der Waals surface area contributed by atoms with Crippen LogP contribution in [0.4, 0.5) is 0 Å². The molecule has 1 N–H and O–H groups in total. The Morgan fingerprint density at radius 3 is 2.82 bits per heavy atom. The van der Waals surface area contributed by atoms with Crippen LogP contribution < -0.4 is 5.32 Å².